The number of nitrogens with one attached hydrogen (secondary N) is 2. The smallest absolute Gasteiger partial charge is 0.236 e. The Hall–Kier alpha value is -3.39. The minimum atomic E-state index is -0.201. The predicted octanol–water partition coefficient (Wildman–Crippen LogP) is 4.40. The highest BCUT2D eigenvalue weighted by Crippen LogP contribution is 2.26. The average molecular weight is 391 g/mol. The fourth-order valence-electron chi connectivity index (χ4n) is 2.61. The van der Waals surface area contributed by atoms with E-state index in [1.807, 2.05) is 54.6 Å². The molecule has 2 aromatic heterocycles. The molecule has 0 saturated carbocycles. The largest absolute Gasteiger partial charge is 0.360 e. The summed E-state index contributed by atoms with van der Waals surface area (Å²) in [5.41, 5.74) is 1.74. The molecule has 1 amide bonds. The van der Waals surface area contributed by atoms with Crippen LogP contribution in [-0.4, -0.2) is 26.8 Å². The van der Waals surface area contributed by atoms with Crippen molar-refractivity contribution in [2.75, 3.05) is 16.4 Å². The summed E-state index contributed by atoms with van der Waals surface area (Å²) in [6.07, 6.45) is 0. The number of anilines is 3. The fraction of sp³-hybridized carbons (Fsp3) is 0.100. The molecule has 0 radical (unpaired) electrons. The zero-order valence-electron chi connectivity index (χ0n) is 15.0. The molecule has 8 heteroatoms. The molecule has 4 rings (SSSR count). The Bertz CT molecular complexity index is 1110. The Morgan fingerprint density at radius 3 is 2.64 bits per heavy atom. The molecule has 4 aromatic rings. The van der Waals surface area contributed by atoms with Crippen LogP contribution < -0.4 is 10.6 Å². The second kappa shape index (κ2) is 8.10. The normalized spacial score (nSPS) is 10.8. The third-order valence-corrected chi connectivity index (χ3v) is 4.69. The van der Waals surface area contributed by atoms with Gasteiger partial charge in [-0.1, -0.05) is 47.3 Å². The van der Waals surface area contributed by atoms with Gasteiger partial charge in [0.2, 0.25) is 5.91 Å². The van der Waals surface area contributed by atoms with Crippen LogP contribution in [0.3, 0.4) is 0 Å². The van der Waals surface area contributed by atoms with Crippen LogP contribution in [0.5, 0.6) is 0 Å². The Morgan fingerprint density at radius 2 is 1.86 bits per heavy atom. The number of para-hydroxylation sites is 2. The first-order chi connectivity index (χ1) is 13.7. The van der Waals surface area contributed by atoms with E-state index < -0.39 is 0 Å². The van der Waals surface area contributed by atoms with Crippen LogP contribution in [0.2, 0.25) is 0 Å². The number of hydrogen-bond donors (Lipinski definition) is 2. The lowest BCUT2D eigenvalue weighted by molar-refractivity contribution is -0.113. The summed E-state index contributed by atoms with van der Waals surface area (Å²) in [4.78, 5) is 21.3. The molecule has 0 bridgehead atoms. The number of fused-ring (bicyclic) bond motifs is 1. The van der Waals surface area contributed by atoms with Crippen LogP contribution >= 0.6 is 11.8 Å². The highest BCUT2D eigenvalue weighted by atomic mass is 32.2. The zero-order valence-corrected chi connectivity index (χ0v) is 15.9. The molecule has 28 heavy (non-hydrogen) atoms. The monoisotopic (exact) mass is 391 g/mol. The Labute approximate surface area is 165 Å². The third-order valence-electron chi connectivity index (χ3n) is 3.85. The second-order valence-corrected chi connectivity index (χ2v) is 6.97. The zero-order chi connectivity index (χ0) is 19.3. The average Bonchev–Trinajstić information content (AvgIpc) is 3.12. The number of carbonyl (C=O) groups excluding carboxylic acids is 1. The molecule has 0 aliphatic rings. The van der Waals surface area contributed by atoms with E-state index in [4.69, 9.17) is 4.52 Å². The second-order valence-electron chi connectivity index (χ2n) is 6.02. The van der Waals surface area contributed by atoms with Crippen LogP contribution in [0.1, 0.15) is 5.76 Å². The number of hydrogen-bond acceptors (Lipinski definition) is 7. The SMILES string of the molecule is Cc1cc(NC(=O)CSc2nc(Nc3ccccc3)c3ccccc3n2)no1. The molecular weight excluding hydrogens is 374 g/mol. The van der Waals surface area contributed by atoms with Crippen molar-refractivity contribution in [2.24, 2.45) is 0 Å². The molecule has 2 heterocycles. The lowest BCUT2D eigenvalue weighted by Gasteiger charge is -2.10. The molecule has 0 fully saturated rings. The van der Waals surface area contributed by atoms with E-state index in [9.17, 15) is 4.79 Å². The fourth-order valence-corrected chi connectivity index (χ4v) is 3.26. The highest BCUT2D eigenvalue weighted by molar-refractivity contribution is 7.99. The quantitative estimate of drug-likeness (QED) is 0.372. The number of rotatable bonds is 6. The molecular formula is C20H17N5O2S. The Morgan fingerprint density at radius 1 is 1.07 bits per heavy atom. The first kappa shape index (κ1) is 18.0. The van der Waals surface area contributed by atoms with Crippen LogP contribution in [0, 0.1) is 6.92 Å². The Balaban J connectivity index is 1.53. The van der Waals surface area contributed by atoms with Crippen molar-refractivity contribution in [1.29, 1.82) is 0 Å². The predicted molar refractivity (Wildman–Crippen MR) is 110 cm³/mol. The first-order valence-corrected chi connectivity index (χ1v) is 9.61. The number of nitrogens with zero attached hydrogens (tertiary/aromatic N) is 3. The van der Waals surface area contributed by atoms with E-state index in [-0.39, 0.29) is 11.7 Å². The summed E-state index contributed by atoms with van der Waals surface area (Å²) in [5, 5.41) is 11.2. The van der Waals surface area contributed by atoms with Crippen molar-refractivity contribution < 1.29 is 9.32 Å². The minimum Gasteiger partial charge on any atom is -0.360 e. The number of aromatic nitrogens is 3. The van der Waals surface area contributed by atoms with E-state index in [1.54, 1.807) is 13.0 Å². The van der Waals surface area contributed by atoms with Gasteiger partial charge in [0, 0.05) is 17.1 Å². The van der Waals surface area contributed by atoms with Crippen molar-refractivity contribution in [3.63, 3.8) is 0 Å². The van der Waals surface area contributed by atoms with Gasteiger partial charge in [-0.15, -0.1) is 0 Å². The molecule has 0 saturated heterocycles. The van der Waals surface area contributed by atoms with Crippen LogP contribution in [0.15, 0.2) is 70.3 Å². The van der Waals surface area contributed by atoms with Crippen LogP contribution in [0.4, 0.5) is 17.3 Å². The molecule has 0 spiro atoms. The maximum atomic E-state index is 12.1. The van der Waals surface area contributed by atoms with Crippen molar-refractivity contribution in [3.05, 3.63) is 66.4 Å². The molecule has 2 N–H and O–H groups in total. The van der Waals surface area contributed by atoms with Gasteiger partial charge in [-0.2, -0.15) is 0 Å². The number of aryl methyl sites for hydroxylation is 1. The minimum absolute atomic E-state index is 0.162. The molecule has 140 valence electrons. The van der Waals surface area contributed by atoms with Crippen molar-refractivity contribution in [2.45, 2.75) is 12.1 Å². The van der Waals surface area contributed by atoms with Gasteiger partial charge in [0.1, 0.15) is 11.6 Å². The van der Waals surface area contributed by atoms with Crippen LogP contribution in [-0.2, 0) is 4.79 Å². The van der Waals surface area contributed by atoms with Gasteiger partial charge >= 0.3 is 0 Å². The summed E-state index contributed by atoms with van der Waals surface area (Å²) < 4.78 is 4.94. The number of carbonyl (C=O) groups is 1. The summed E-state index contributed by atoms with van der Waals surface area (Å²) in [5.74, 6) is 1.69. The number of benzene rings is 2. The topological polar surface area (TPSA) is 92.9 Å². The van der Waals surface area contributed by atoms with Gasteiger partial charge < -0.3 is 15.2 Å². The maximum Gasteiger partial charge on any atom is 0.236 e. The molecule has 0 aliphatic carbocycles. The van der Waals surface area contributed by atoms with Gasteiger partial charge in [0.05, 0.1) is 11.3 Å². The van der Waals surface area contributed by atoms with E-state index in [0.29, 0.717) is 22.6 Å². The lowest BCUT2D eigenvalue weighted by Crippen LogP contribution is -2.14. The van der Waals surface area contributed by atoms with Crippen molar-refractivity contribution >= 4 is 45.9 Å². The van der Waals surface area contributed by atoms with Gasteiger partial charge in [-0.05, 0) is 31.2 Å². The first-order valence-electron chi connectivity index (χ1n) is 8.62. The maximum absolute atomic E-state index is 12.1. The van der Waals surface area contributed by atoms with E-state index >= 15 is 0 Å². The van der Waals surface area contributed by atoms with E-state index in [0.717, 1.165) is 16.6 Å². The third kappa shape index (κ3) is 4.29. The van der Waals surface area contributed by atoms with Gasteiger partial charge in [0.15, 0.2) is 11.0 Å². The summed E-state index contributed by atoms with van der Waals surface area (Å²) in [7, 11) is 0. The van der Waals surface area contributed by atoms with Gasteiger partial charge in [0.25, 0.3) is 0 Å². The van der Waals surface area contributed by atoms with E-state index in [2.05, 4.69) is 25.8 Å². The van der Waals surface area contributed by atoms with Crippen molar-refractivity contribution in [3.8, 4) is 0 Å². The number of amides is 1. The summed E-state index contributed by atoms with van der Waals surface area (Å²) in [6, 6.07) is 19.2. The van der Waals surface area contributed by atoms with Gasteiger partial charge in [-0.3, -0.25) is 4.79 Å². The molecule has 2 aromatic carbocycles. The van der Waals surface area contributed by atoms with Gasteiger partial charge in [-0.25, -0.2) is 9.97 Å². The molecule has 7 nitrogen and oxygen atoms in total. The lowest BCUT2D eigenvalue weighted by atomic mass is 10.2. The number of thioether (sulfide) groups is 1. The molecule has 0 unspecified atom stereocenters. The van der Waals surface area contributed by atoms with E-state index in [1.165, 1.54) is 11.8 Å². The summed E-state index contributed by atoms with van der Waals surface area (Å²) >= 11 is 1.26. The summed E-state index contributed by atoms with van der Waals surface area (Å²) in [6.45, 7) is 1.77. The van der Waals surface area contributed by atoms with Crippen molar-refractivity contribution in [1.82, 2.24) is 15.1 Å². The highest BCUT2D eigenvalue weighted by Gasteiger charge is 2.11. The molecule has 0 atom stereocenters. The molecule has 0 aliphatic heterocycles. The Kier molecular flexibility index (Phi) is 5.20. The standard InChI is InChI=1S/C20H17N5O2S/c1-13-11-17(25-27-13)23-18(26)12-28-20-22-16-10-6-5-9-15(16)19(24-20)21-14-7-3-2-4-8-14/h2-11H,12H2,1H3,(H,21,22,24)(H,23,25,26). The van der Waals surface area contributed by atoms with Crippen LogP contribution in [0.25, 0.3) is 10.9 Å².